The third-order valence-electron chi connectivity index (χ3n) is 4.28. The average Bonchev–Trinajstić information content (AvgIpc) is 3.07. The topological polar surface area (TPSA) is 50.8 Å². The molecule has 1 fully saturated rings. The van der Waals surface area contributed by atoms with Gasteiger partial charge in [-0.25, -0.2) is 0 Å². The van der Waals surface area contributed by atoms with Gasteiger partial charge in [-0.3, -0.25) is 4.79 Å². The number of ether oxygens (including phenoxy) is 2. The summed E-state index contributed by atoms with van der Waals surface area (Å²) >= 11 is 6.12. The van der Waals surface area contributed by atoms with Crippen LogP contribution in [0.25, 0.3) is 6.08 Å². The Morgan fingerprint density at radius 1 is 1.25 bits per heavy atom. The minimum absolute atomic E-state index is 0.0950. The van der Waals surface area contributed by atoms with E-state index < -0.39 is 0 Å². The molecule has 1 aromatic rings. The van der Waals surface area contributed by atoms with Gasteiger partial charge in [0.2, 0.25) is 12.7 Å². The van der Waals surface area contributed by atoms with Crippen molar-refractivity contribution < 1.29 is 14.3 Å². The van der Waals surface area contributed by atoms with Crippen LogP contribution in [0.1, 0.15) is 31.2 Å². The van der Waals surface area contributed by atoms with Crippen molar-refractivity contribution in [3.8, 4) is 11.5 Å². The van der Waals surface area contributed by atoms with Crippen molar-refractivity contribution >= 4 is 23.6 Å². The molecule has 6 heteroatoms. The van der Waals surface area contributed by atoms with Crippen LogP contribution in [0.5, 0.6) is 11.5 Å². The van der Waals surface area contributed by atoms with E-state index in [9.17, 15) is 4.79 Å². The third-order valence-corrected chi connectivity index (χ3v) is 4.56. The average molecular weight is 351 g/mol. The number of nitrogens with one attached hydrogen (secondary N) is 1. The summed E-state index contributed by atoms with van der Waals surface area (Å²) in [6.45, 7) is 4.32. The molecular formula is C18H23ClN2O3. The maximum Gasteiger partial charge on any atom is 0.243 e. The van der Waals surface area contributed by atoms with E-state index in [4.69, 9.17) is 21.1 Å². The van der Waals surface area contributed by atoms with E-state index in [0.29, 0.717) is 23.1 Å². The molecule has 5 nitrogen and oxygen atoms in total. The normalized spacial score (nSPS) is 17.4. The molecule has 0 saturated carbocycles. The highest BCUT2D eigenvalue weighted by Crippen LogP contribution is 2.40. The second-order valence-corrected chi connectivity index (χ2v) is 6.52. The summed E-state index contributed by atoms with van der Waals surface area (Å²) in [5.41, 5.74) is 0.813. The van der Waals surface area contributed by atoms with Gasteiger partial charge in [-0.15, -0.1) is 0 Å². The molecule has 24 heavy (non-hydrogen) atoms. The van der Waals surface area contributed by atoms with Gasteiger partial charge in [0, 0.05) is 12.6 Å². The maximum atomic E-state index is 11.9. The van der Waals surface area contributed by atoms with E-state index in [-0.39, 0.29) is 12.7 Å². The first-order chi connectivity index (χ1) is 11.7. The van der Waals surface area contributed by atoms with Crippen molar-refractivity contribution in [3.05, 3.63) is 28.8 Å². The third kappa shape index (κ3) is 4.65. The molecule has 1 aromatic carbocycles. The first-order valence-electron chi connectivity index (χ1n) is 8.50. The first-order valence-corrected chi connectivity index (χ1v) is 8.87. The van der Waals surface area contributed by atoms with Gasteiger partial charge < -0.3 is 19.7 Å². The lowest BCUT2D eigenvalue weighted by atomic mass is 10.1. The monoisotopic (exact) mass is 350 g/mol. The molecule has 1 N–H and O–H groups in total. The van der Waals surface area contributed by atoms with Crippen molar-refractivity contribution in [2.75, 3.05) is 33.0 Å². The van der Waals surface area contributed by atoms with Crippen LogP contribution in [0.4, 0.5) is 0 Å². The van der Waals surface area contributed by atoms with Crippen molar-refractivity contribution in [2.24, 2.45) is 0 Å². The van der Waals surface area contributed by atoms with Crippen molar-refractivity contribution in [1.29, 1.82) is 0 Å². The molecule has 130 valence electrons. The smallest absolute Gasteiger partial charge is 0.243 e. The predicted octanol–water partition coefficient (Wildman–Crippen LogP) is 3.07. The van der Waals surface area contributed by atoms with Gasteiger partial charge in [0.25, 0.3) is 0 Å². The zero-order valence-electron chi connectivity index (χ0n) is 13.7. The molecule has 3 rings (SSSR count). The van der Waals surface area contributed by atoms with Crippen LogP contribution < -0.4 is 14.8 Å². The highest BCUT2D eigenvalue weighted by Gasteiger charge is 2.17. The minimum atomic E-state index is -0.0950. The molecule has 0 atom stereocenters. The lowest BCUT2D eigenvalue weighted by Gasteiger charge is -2.26. The predicted molar refractivity (Wildman–Crippen MR) is 94.5 cm³/mol. The number of carbonyl (C=O) groups excluding carboxylic acids is 1. The van der Waals surface area contributed by atoms with Crippen molar-refractivity contribution in [3.63, 3.8) is 0 Å². The molecule has 1 amide bonds. The molecule has 0 radical (unpaired) electrons. The van der Waals surface area contributed by atoms with Gasteiger partial charge in [0.1, 0.15) is 0 Å². The largest absolute Gasteiger partial charge is 0.454 e. The molecular weight excluding hydrogens is 328 g/mol. The van der Waals surface area contributed by atoms with Crippen molar-refractivity contribution in [1.82, 2.24) is 10.2 Å². The van der Waals surface area contributed by atoms with Gasteiger partial charge in [-0.2, -0.15) is 0 Å². The van der Waals surface area contributed by atoms with Crippen LogP contribution >= 0.6 is 11.6 Å². The molecule has 0 spiro atoms. The fraction of sp³-hybridized carbons (Fsp3) is 0.500. The van der Waals surface area contributed by atoms with Gasteiger partial charge in [0.05, 0.1) is 5.02 Å². The molecule has 0 unspecified atom stereocenters. The molecule has 2 aliphatic rings. The van der Waals surface area contributed by atoms with E-state index >= 15 is 0 Å². The van der Waals surface area contributed by atoms with E-state index in [2.05, 4.69) is 10.2 Å². The molecule has 2 heterocycles. The van der Waals surface area contributed by atoms with Crippen LogP contribution in [0.2, 0.25) is 5.02 Å². The molecule has 0 aromatic heterocycles. The molecule has 1 saturated heterocycles. The summed E-state index contributed by atoms with van der Waals surface area (Å²) in [6.07, 6.45) is 8.18. The van der Waals surface area contributed by atoms with Gasteiger partial charge in [-0.05, 0) is 62.7 Å². The second-order valence-electron chi connectivity index (χ2n) is 6.12. The number of likely N-dealkylation sites (tertiary alicyclic amines) is 1. The number of piperidine rings is 1. The Labute approximate surface area is 147 Å². The second kappa shape index (κ2) is 8.40. The Hall–Kier alpha value is -1.72. The Morgan fingerprint density at radius 2 is 2.08 bits per heavy atom. The van der Waals surface area contributed by atoms with E-state index in [1.165, 1.54) is 38.4 Å². The zero-order valence-corrected chi connectivity index (χ0v) is 14.5. The van der Waals surface area contributed by atoms with Crippen LogP contribution in [0.3, 0.4) is 0 Å². The Kier molecular flexibility index (Phi) is 5.99. The number of nitrogens with zero attached hydrogens (tertiary/aromatic N) is 1. The summed E-state index contributed by atoms with van der Waals surface area (Å²) in [4.78, 5) is 14.4. The number of rotatable bonds is 6. The fourth-order valence-electron chi connectivity index (χ4n) is 3.01. The summed E-state index contributed by atoms with van der Waals surface area (Å²) < 4.78 is 10.6. The lowest BCUT2D eigenvalue weighted by Crippen LogP contribution is -2.33. The van der Waals surface area contributed by atoms with E-state index in [0.717, 1.165) is 18.5 Å². The van der Waals surface area contributed by atoms with Gasteiger partial charge in [-0.1, -0.05) is 18.0 Å². The summed E-state index contributed by atoms with van der Waals surface area (Å²) in [5.74, 6) is 1.09. The zero-order chi connectivity index (χ0) is 16.8. The number of amides is 1. The van der Waals surface area contributed by atoms with Gasteiger partial charge in [0.15, 0.2) is 11.5 Å². The van der Waals surface area contributed by atoms with E-state index in [1.807, 2.05) is 6.07 Å². The van der Waals surface area contributed by atoms with Crippen LogP contribution in [-0.2, 0) is 4.79 Å². The molecule has 2 aliphatic heterocycles. The molecule has 0 aliphatic carbocycles. The fourth-order valence-corrected chi connectivity index (χ4v) is 3.29. The SMILES string of the molecule is O=C(/C=C/c1cc(Cl)c2c(c1)OCO2)NCCCN1CCCCC1. The summed E-state index contributed by atoms with van der Waals surface area (Å²) in [6, 6.07) is 3.57. The summed E-state index contributed by atoms with van der Waals surface area (Å²) in [7, 11) is 0. The highest BCUT2D eigenvalue weighted by atomic mass is 35.5. The number of hydrogen-bond acceptors (Lipinski definition) is 4. The van der Waals surface area contributed by atoms with Gasteiger partial charge >= 0.3 is 0 Å². The number of halogens is 1. The Morgan fingerprint density at radius 3 is 2.92 bits per heavy atom. The minimum Gasteiger partial charge on any atom is -0.454 e. The quantitative estimate of drug-likeness (QED) is 0.632. The first kappa shape index (κ1) is 17.1. The Bertz CT molecular complexity index is 613. The number of carbonyl (C=O) groups is 1. The highest BCUT2D eigenvalue weighted by molar-refractivity contribution is 6.32. The molecule has 0 bridgehead atoms. The van der Waals surface area contributed by atoms with Crippen molar-refractivity contribution in [2.45, 2.75) is 25.7 Å². The standard InChI is InChI=1S/C18H23ClN2O3/c19-15-11-14(12-16-18(15)24-13-23-16)5-6-17(22)20-7-4-10-21-8-2-1-3-9-21/h5-6,11-12H,1-4,7-10,13H2,(H,20,22)/b6-5+. The van der Waals surface area contributed by atoms with Crippen LogP contribution in [-0.4, -0.2) is 43.8 Å². The van der Waals surface area contributed by atoms with Crippen LogP contribution in [0, 0.1) is 0 Å². The maximum absolute atomic E-state index is 11.9. The number of benzene rings is 1. The Balaban J connectivity index is 1.41. The van der Waals surface area contributed by atoms with E-state index in [1.54, 1.807) is 12.1 Å². The van der Waals surface area contributed by atoms with Crippen LogP contribution in [0.15, 0.2) is 18.2 Å². The number of fused-ring (bicyclic) bond motifs is 1. The number of hydrogen-bond donors (Lipinski definition) is 1. The summed E-state index contributed by atoms with van der Waals surface area (Å²) in [5, 5.41) is 3.41. The lowest BCUT2D eigenvalue weighted by molar-refractivity contribution is -0.116.